The number of aryl methyl sites for hydroxylation is 1. The smallest absolute Gasteiger partial charge is 0.407 e. The van der Waals surface area contributed by atoms with Gasteiger partial charge < -0.3 is 15.0 Å². The van der Waals surface area contributed by atoms with Crippen molar-refractivity contribution in [2.75, 3.05) is 6.61 Å². The average molecular weight is 445 g/mol. The lowest BCUT2D eigenvalue weighted by Gasteiger charge is -2.23. The second kappa shape index (κ2) is 9.11. The van der Waals surface area contributed by atoms with Crippen LogP contribution in [0, 0.1) is 6.92 Å². The Morgan fingerprint density at radius 2 is 1.77 bits per heavy atom. The van der Waals surface area contributed by atoms with E-state index in [1.54, 1.807) is 32.9 Å². The van der Waals surface area contributed by atoms with Crippen LogP contribution in [0.2, 0.25) is 0 Å². The number of fused-ring (bicyclic) bond motifs is 1. The van der Waals surface area contributed by atoms with Crippen molar-refractivity contribution in [1.82, 2.24) is 10.3 Å². The fraction of sp³-hybridized carbons (Fsp3) is 0.348. The fourth-order valence-corrected chi connectivity index (χ4v) is 4.09. The highest BCUT2D eigenvalue weighted by Gasteiger charge is 2.24. The molecule has 0 saturated heterocycles. The van der Waals surface area contributed by atoms with E-state index in [1.165, 1.54) is 12.1 Å². The highest BCUT2D eigenvalue weighted by Crippen LogP contribution is 2.20. The highest BCUT2D eigenvalue weighted by atomic mass is 32.2. The molecular weight excluding hydrogens is 416 g/mol. The summed E-state index contributed by atoms with van der Waals surface area (Å²) in [5.41, 5.74) is 2.17. The number of amides is 1. The third-order valence-corrected chi connectivity index (χ3v) is 5.89. The van der Waals surface area contributed by atoms with Gasteiger partial charge in [-0.3, -0.25) is 4.18 Å². The molecule has 0 aliphatic heterocycles. The largest absolute Gasteiger partial charge is 0.444 e. The summed E-state index contributed by atoms with van der Waals surface area (Å²) in [6.45, 7) is 6.94. The topological polar surface area (TPSA) is 97.5 Å². The lowest BCUT2D eigenvalue weighted by molar-refractivity contribution is 0.0488. The molecule has 0 bridgehead atoms. The van der Waals surface area contributed by atoms with Crippen molar-refractivity contribution >= 4 is 27.1 Å². The number of hydrogen-bond acceptors (Lipinski definition) is 5. The number of carbonyl (C=O) groups is 1. The van der Waals surface area contributed by atoms with Crippen molar-refractivity contribution in [3.05, 3.63) is 65.9 Å². The van der Waals surface area contributed by atoms with Gasteiger partial charge in [-0.05, 0) is 57.9 Å². The zero-order valence-electron chi connectivity index (χ0n) is 18.1. The van der Waals surface area contributed by atoms with E-state index in [4.69, 9.17) is 8.92 Å². The molecule has 0 aliphatic carbocycles. The minimum Gasteiger partial charge on any atom is -0.444 e. The van der Waals surface area contributed by atoms with Gasteiger partial charge in [-0.15, -0.1) is 0 Å². The van der Waals surface area contributed by atoms with Crippen LogP contribution in [0.5, 0.6) is 0 Å². The molecular formula is C23H28N2O5S. The molecule has 166 valence electrons. The number of H-pyrrole nitrogens is 1. The van der Waals surface area contributed by atoms with Gasteiger partial charge in [0.15, 0.2) is 0 Å². The molecule has 0 unspecified atom stereocenters. The molecule has 2 aromatic carbocycles. The van der Waals surface area contributed by atoms with Crippen LogP contribution in [0.25, 0.3) is 10.9 Å². The zero-order valence-corrected chi connectivity index (χ0v) is 19.0. The number of ether oxygens (including phenoxy) is 1. The average Bonchev–Trinajstić information content (AvgIpc) is 3.08. The van der Waals surface area contributed by atoms with Crippen LogP contribution in [-0.2, 0) is 25.5 Å². The Bertz CT molecular complexity index is 1140. The standard InChI is InChI=1S/C23H28N2O5S/c1-16-9-11-19(12-10-16)31(27,28)29-15-18(25-22(26)30-23(2,3)4)13-17-14-24-21-8-6-5-7-20(17)21/h5-12,14,18,24H,13,15H2,1-4H3,(H,25,26)/t18-/m0/s1. The molecule has 0 fully saturated rings. The second-order valence-corrected chi connectivity index (χ2v) is 10.1. The van der Waals surface area contributed by atoms with E-state index in [0.717, 1.165) is 22.0 Å². The number of rotatable bonds is 7. The number of aromatic amines is 1. The number of nitrogens with one attached hydrogen (secondary N) is 2. The summed E-state index contributed by atoms with van der Waals surface area (Å²) < 4.78 is 35.9. The Kier molecular flexibility index (Phi) is 6.71. The van der Waals surface area contributed by atoms with Crippen LogP contribution in [0.1, 0.15) is 31.9 Å². The van der Waals surface area contributed by atoms with Gasteiger partial charge in [-0.25, -0.2) is 4.79 Å². The molecule has 0 spiro atoms. The second-order valence-electron chi connectivity index (χ2n) is 8.46. The zero-order chi connectivity index (χ0) is 22.6. The van der Waals surface area contributed by atoms with Gasteiger partial charge in [0, 0.05) is 17.1 Å². The van der Waals surface area contributed by atoms with Crippen molar-refractivity contribution in [3.8, 4) is 0 Å². The first-order chi connectivity index (χ1) is 14.5. The highest BCUT2D eigenvalue weighted by molar-refractivity contribution is 7.86. The van der Waals surface area contributed by atoms with E-state index in [1.807, 2.05) is 37.4 Å². The molecule has 0 saturated carbocycles. The molecule has 1 atom stereocenters. The van der Waals surface area contributed by atoms with Crippen LogP contribution in [-0.4, -0.2) is 37.7 Å². The number of alkyl carbamates (subject to hydrolysis) is 1. The van der Waals surface area contributed by atoms with Crippen LogP contribution in [0.4, 0.5) is 4.79 Å². The normalized spacial score (nSPS) is 13.2. The first kappa shape index (κ1) is 22.8. The maximum Gasteiger partial charge on any atom is 0.407 e. The van der Waals surface area contributed by atoms with Gasteiger partial charge >= 0.3 is 6.09 Å². The molecule has 31 heavy (non-hydrogen) atoms. The SMILES string of the molecule is Cc1ccc(S(=O)(=O)OC[C@H](Cc2c[nH]c3ccccc23)NC(=O)OC(C)(C)C)cc1. The Hall–Kier alpha value is -2.84. The first-order valence-corrected chi connectivity index (χ1v) is 11.4. The third-order valence-electron chi connectivity index (χ3n) is 4.60. The van der Waals surface area contributed by atoms with Gasteiger partial charge in [0.1, 0.15) is 5.60 Å². The van der Waals surface area contributed by atoms with Crippen molar-refractivity contribution < 1.29 is 22.1 Å². The molecule has 2 N–H and O–H groups in total. The summed E-state index contributed by atoms with van der Waals surface area (Å²) in [6.07, 6.45) is 1.59. The van der Waals surface area contributed by atoms with Crippen molar-refractivity contribution in [2.45, 2.75) is 50.7 Å². The molecule has 3 aromatic rings. The van der Waals surface area contributed by atoms with Crippen molar-refractivity contribution in [2.24, 2.45) is 0 Å². The van der Waals surface area contributed by atoms with Crippen LogP contribution >= 0.6 is 0 Å². The van der Waals surface area contributed by atoms with Crippen LogP contribution in [0.3, 0.4) is 0 Å². The maximum absolute atomic E-state index is 12.6. The molecule has 0 radical (unpaired) electrons. The number of hydrogen-bond donors (Lipinski definition) is 2. The fourth-order valence-electron chi connectivity index (χ4n) is 3.14. The number of aromatic nitrogens is 1. The van der Waals surface area contributed by atoms with Crippen molar-refractivity contribution in [1.29, 1.82) is 0 Å². The lowest BCUT2D eigenvalue weighted by atomic mass is 10.1. The van der Waals surface area contributed by atoms with E-state index in [-0.39, 0.29) is 11.5 Å². The summed E-state index contributed by atoms with van der Waals surface area (Å²) in [7, 11) is -3.96. The van der Waals surface area contributed by atoms with E-state index >= 15 is 0 Å². The van der Waals surface area contributed by atoms with Gasteiger partial charge in [-0.1, -0.05) is 35.9 Å². The van der Waals surface area contributed by atoms with E-state index < -0.39 is 27.9 Å². The molecule has 3 rings (SSSR count). The third kappa shape index (κ3) is 6.32. The van der Waals surface area contributed by atoms with Crippen molar-refractivity contribution in [3.63, 3.8) is 0 Å². The molecule has 1 heterocycles. The van der Waals surface area contributed by atoms with Gasteiger partial charge in [-0.2, -0.15) is 8.42 Å². The van der Waals surface area contributed by atoms with Gasteiger partial charge in [0.2, 0.25) is 0 Å². The summed E-state index contributed by atoms with van der Waals surface area (Å²) in [5.74, 6) is 0. The monoisotopic (exact) mass is 444 g/mol. The molecule has 8 heteroatoms. The quantitative estimate of drug-likeness (QED) is 0.529. The van der Waals surface area contributed by atoms with Crippen LogP contribution in [0.15, 0.2) is 59.6 Å². The summed E-state index contributed by atoms with van der Waals surface area (Å²) >= 11 is 0. The number of carbonyl (C=O) groups excluding carboxylic acids is 1. The maximum atomic E-state index is 12.6. The molecule has 1 amide bonds. The lowest BCUT2D eigenvalue weighted by Crippen LogP contribution is -2.43. The Balaban J connectivity index is 1.78. The molecule has 0 aliphatic rings. The number of para-hydroxylation sites is 1. The predicted molar refractivity (Wildman–Crippen MR) is 119 cm³/mol. The Morgan fingerprint density at radius 1 is 1.10 bits per heavy atom. The minimum atomic E-state index is -3.96. The minimum absolute atomic E-state index is 0.0706. The summed E-state index contributed by atoms with van der Waals surface area (Å²) in [6, 6.07) is 13.6. The van der Waals surface area contributed by atoms with E-state index in [9.17, 15) is 13.2 Å². The summed E-state index contributed by atoms with van der Waals surface area (Å²) in [4.78, 5) is 15.6. The summed E-state index contributed by atoms with van der Waals surface area (Å²) in [5, 5.41) is 3.75. The predicted octanol–water partition coefficient (Wildman–Crippen LogP) is 4.32. The first-order valence-electron chi connectivity index (χ1n) is 10.0. The number of benzene rings is 2. The van der Waals surface area contributed by atoms with Crippen LogP contribution < -0.4 is 5.32 Å². The van der Waals surface area contributed by atoms with Gasteiger partial charge in [0.05, 0.1) is 17.5 Å². The van der Waals surface area contributed by atoms with Gasteiger partial charge in [0.25, 0.3) is 10.1 Å². The van der Waals surface area contributed by atoms with E-state index in [0.29, 0.717) is 6.42 Å². The Labute approximate surface area is 182 Å². The molecule has 7 nitrogen and oxygen atoms in total. The molecule has 1 aromatic heterocycles. The Morgan fingerprint density at radius 3 is 2.45 bits per heavy atom. The van der Waals surface area contributed by atoms with E-state index in [2.05, 4.69) is 10.3 Å².